The lowest BCUT2D eigenvalue weighted by molar-refractivity contribution is 0.269. The SMILES string of the molecule is OCCn1cc(-c2ncc3ncn(Cc4ccc5ncccc5c4)c3n2)cn1. The Bertz CT molecular complexity index is 1270. The van der Waals surface area contributed by atoms with E-state index in [4.69, 9.17) is 10.1 Å². The number of fused-ring (bicyclic) bond motifs is 2. The van der Waals surface area contributed by atoms with Gasteiger partial charge in [0, 0.05) is 17.8 Å². The first-order chi connectivity index (χ1) is 13.8. The van der Waals surface area contributed by atoms with Crippen molar-refractivity contribution in [2.45, 2.75) is 13.1 Å². The maximum absolute atomic E-state index is 9.05. The number of nitrogens with zero attached hydrogens (tertiary/aromatic N) is 7. The highest BCUT2D eigenvalue weighted by Crippen LogP contribution is 2.19. The topological polar surface area (TPSA) is 94.5 Å². The van der Waals surface area contributed by atoms with E-state index in [2.05, 4.69) is 38.2 Å². The van der Waals surface area contributed by atoms with Crippen molar-refractivity contribution in [1.82, 2.24) is 34.3 Å². The third-order valence-electron chi connectivity index (χ3n) is 4.60. The summed E-state index contributed by atoms with van der Waals surface area (Å²) in [6, 6.07) is 10.2. The van der Waals surface area contributed by atoms with Crippen molar-refractivity contribution in [2.24, 2.45) is 0 Å². The molecule has 28 heavy (non-hydrogen) atoms. The highest BCUT2D eigenvalue weighted by atomic mass is 16.3. The second kappa shape index (κ2) is 6.82. The van der Waals surface area contributed by atoms with Crippen LogP contribution < -0.4 is 0 Å². The van der Waals surface area contributed by atoms with Crippen LogP contribution in [0.15, 0.2) is 61.4 Å². The third-order valence-corrected chi connectivity index (χ3v) is 4.60. The molecule has 0 amide bonds. The molecule has 0 aliphatic carbocycles. The van der Waals surface area contributed by atoms with Crippen LogP contribution in [0.5, 0.6) is 0 Å². The summed E-state index contributed by atoms with van der Waals surface area (Å²) in [5.74, 6) is 0.584. The molecule has 0 aliphatic heterocycles. The highest BCUT2D eigenvalue weighted by Gasteiger charge is 2.11. The Kier molecular flexibility index (Phi) is 4.02. The van der Waals surface area contributed by atoms with Gasteiger partial charge >= 0.3 is 0 Å². The second-order valence-corrected chi connectivity index (χ2v) is 6.52. The Morgan fingerprint density at radius 1 is 1.00 bits per heavy atom. The largest absolute Gasteiger partial charge is 0.394 e. The molecular weight excluding hydrogens is 354 g/mol. The first kappa shape index (κ1) is 16.5. The molecular formula is C20H17N7O. The minimum absolute atomic E-state index is 0.0368. The Hall–Kier alpha value is -3.65. The van der Waals surface area contributed by atoms with Crippen LogP contribution >= 0.6 is 0 Å². The van der Waals surface area contributed by atoms with Crippen molar-refractivity contribution >= 4 is 22.1 Å². The highest BCUT2D eigenvalue weighted by molar-refractivity contribution is 5.79. The molecule has 0 radical (unpaired) electrons. The fraction of sp³-hybridized carbons (Fsp3) is 0.150. The Morgan fingerprint density at radius 2 is 1.96 bits per heavy atom. The van der Waals surface area contributed by atoms with Crippen LogP contribution in [0.1, 0.15) is 5.56 Å². The van der Waals surface area contributed by atoms with E-state index in [0.29, 0.717) is 18.9 Å². The standard InChI is InChI=1S/C20H17N7O/c28-7-6-27-12-16(9-24-27)19-22-10-18-20(25-19)26(13-23-18)11-14-3-4-17-15(8-14)2-1-5-21-17/h1-5,8-10,12-13,28H,6-7,11H2. The normalized spacial score (nSPS) is 11.5. The first-order valence-electron chi connectivity index (χ1n) is 8.95. The van der Waals surface area contributed by atoms with E-state index < -0.39 is 0 Å². The van der Waals surface area contributed by atoms with Crippen LogP contribution in [-0.4, -0.2) is 46.0 Å². The number of aliphatic hydroxyl groups excluding tert-OH is 1. The summed E-state index contributed by atoms with van der Waals surface area (Å²) in [6.07, 6.45) is 8.84. The number of aromatic nitrogens is 7. The van der Waals surface area contributed by atoms with Crippen LogP contribution in [0.3, 0.4) is 0 Å². The predicted molar refractivity (Wildman–Crippen MR) is 104 cm³/mol. The zero-order valence-corrected chi connectivity index (χ0v) is 15.0. The van der Waals surface area contributed by atoms with Crippen molar-refractivity contribution in [2.75, 3.05) is 6.61 Å². The molecule has 1 aromatic carbocycles. The molecule has 4 heterocycles. The van der Waals surface area contributed by atoms with Crippen molar-refractivity contribution in [3.8, 4) is 11.4 Å². The molecule has 138 valence electrons. The van der Waals surface area contributed by atoms with Gasteiger partial charge in [-0.2, -0.15) is 5.10 Å². The Balaban J connectivity index is 1.50. The molecule has 1 N–H and O–H groups in total. The lowest BCUT2D eigenvalue weighted by atomic mass is 10.1. The smallest absolute Gasteiger partial charge is 0.164 e. The second-order valence-electron chi connectivity index (χ2n) is 6.52. The number of imidazole rings is 1. The number of benzene rings is 1. The van der Waals surface area contributed by atoms with Gasteiger partial charge in [0.25, 0.3) is 0 Å². The minimum Gasteiger partial charge on any atom is -0.394 e. The van der Waals surface area contributed by atoms with Crippen molar-refractivity contribution in [1.29, 1.82) is 0 Å². The van der Waals surface area contributed by atoms with E-state index in [9.17, 15) is 0 Å². The van der Waals surface area contributed by atoms with E-state index in [1.165, 1.54) is 0 Å². The molecule has 0 spiro atoms. The molecule has 8 heteroatoms. The quantitative estimate of drug-likeness (QED) is 0.509. The van der Waals surface area contributed by atoms with Gasteiger partial charge in [0.05, 0.1) is 49.5 Å². The van der Waals surface area contributed by atoms with Crippen LogP contribution in [0.4, 0.5) is 0 Å². The number of hydrogen-bond donors (Lipinski definition) is 1. The zero-order valence-electron chi connectivity index (χ0n) is 15.0. The van der Waals surface area contributed by atoms with Gasteiger partial charge in [-0.3, -0.25) is 9.67 Å². The average molecular weight is 371 g/mol. The van der Waals surface area contributed by atoms with Crippen LogP contribution in [0.25, 0.3) is 33.5 Å². The van der Waals surface area contributed by atoms with E-state index in [0.717, 1.165) is 33.2 Å². The van der Waals surface area contributed by atoms with E-state index in [1.807, 2.05) is 22.9 Å². The summed E-state index contributed by atoms with van der Waals surface area (Å²) in [5.41, 5.74) is 4.45. The number of hydrogen-bond acceptors (Lipinski definition) is 6. The molecule has 0 fully saturated rings. The monoisotopic (exact) mass is 371 g/mol. The minimum atomic E-state index is 0.0368. The molecule has 0 saturated heterocycles. The Morgan fingerprint density at radius 3 is 2.89 bits per heavy atom. The van der Waals surface area contributed by atoms with Gasteiger partial charge in [-0.1, -0.05) is 12.1 Å². The van der Waals surface area contributed by atoms with Gasteiger partial charge in [-0.15, -0.1) is 0 Å². The molecule has 0 atom stereocenters. The molecule has 8 nitrogen and oxygen atoms in total. The molecule has 0 unspecified atom stereocenters. The number of aliphatic hydroxyl groups is 1. The van der Waals surface area contributed by atoms with Crippen molar-refractivity contribution in [3.63, 3.8) is 0 Å². The summed E-state index contributed by atoms with van der Waals surface area (Å²) in [7, 11) is 0. The lowest BCUT2D eigenvalue weighted by Crippen LogP contribution is -2.02. The number of rotatable bonds is 5. The summed E-state index contributed by atoms with van der Waals surface area (Å²) in [6.45, 7) is 1.13. The van der Waals surface area contributed by atoms with Crippen molar-refractivity contribution < 1.29 is 5.11 Å². The maximum atomic E-state index is 9.05. The van der Waals surface area contributed by atoms with Gasteiger partial charge in [0.2, 0.25) is 0 Å². The predicted octanol–water partition coefficient (Wildman–Crippen LogP) is 2.28. The van der Waals surface area contributed by atoms with E-state index in [-0.39, 0.29) is 6.61 Å². The van der Waals surface area contributed by atoms with Gasteiger partial charge in [0.1, 0.15) is 5.52 Å². The Labute approximate surface area is 160 Å². The molecule has 5 aromatic rings. The molecule has 4 aromatic heterocycles. The van der Waals surface area contributed by atoms with Crippen LogP contribution in [-0.2, 0) is 13.1 Å². The first-order valence-corrected chi connectivity index (χ1v) is 8.95. The lowest BCUT2D eigenvalue weighted by Gasteiger charge is -2.06. The third kappa shape index (κ3) is 2.99. The van der Waals surface area contributed by atoms with Gasteiger partial charge in [-0.05, 0) is 23.8 Å². The summed E-state index contributed by atoms with van der Waals surface area (Å²) in [5, 5.41) is 14.4. The van der Waals surface area contributed by atoms with Crippen LogP contribution in [0, 0.1) is 0 Å². The van der Waals surface area contributed by atoms with Gasteiger partial charge < -0.3 is 9.67 Å². The van der Waals surface area contributed by atoms with Gasteiger partial charge in [-0.25, -0.2) is 15.0 Å². The summed E-state index contributed by atoms with van der Waals surface area (Å²) in [4.78, 5) is 17.9. The molecule has 0 aliphatic rings. The number of pyridine rings is 1. The van der Waals surface area contributed by atoms with E-state index >= 15 is 0 Å². The molecule has 0 saturated carbocycles. The van der Waals surface area contributed by atoms with Crippen molar-refractivity contribution in [3.05, 3.63) is 67.0 Å². The maximum Gasteiger partial charge on any atom is 0.164 e. The van der Waals surface area contributed by atoms with E-state index in [1.54, 1.807) is 29.6 Å². The summed E-state index contributed by atoms with van der Waals surface area (Å²) >= 11 is 0. The van der Waals surface area contributed by atoms with Gasteiger partial charge in [0.15, 0.2) is 11.5 Å². The molecule has 5 rings (SSSR count). The summed E-state index contributed by atoms with van der Waals surface area (Å²) < 4.78 is 3.68. The fourth-order valence-electron chi connectivity index (χ4n) is 3.23. The average Bonchev–Trinajstić information content (AvgIpc) is 3.35. The zero-order chi connectivity index (χ0) is 18.9. The fourth-order valence-corrected chi connectivity index (χ4v) is 3.23. The van der Waals surface area contributed by atoms with Crippen LogP contribution in [0.2, 0.25) is 0 Å². The molecule has 0 bridgehead atoms.